The van der Waals surface area contributed by atoms with Gasteiger partial charge in [0, 0.05) is 44.7 Å². The number of hydrogen-bond acceptors (Lipinski definition) is 4. The number of nitrogens with one attached hydrogen (secondary N) is 1. The number of likely N-dealkylation sites (tertiary alicyclic amines) is 3. The lowest BCUT2D eigenvalue weighted by atomic mass is 9.97. The van der Waals surface area contributed by atoms with Gasteiger partial charge >= 0.3 is 6.03 Å². The number of hydrogen-bond donors (Lipinski definition) is 1. The van der Waals surface area contributed by atoms with Gasteiger partial charge in [0.25, 0.3) is 0 Å². The molecule has 3 fully saturated rings. The van der Waals surface area contributed by atoms with E-state index in [9.17, 15) is 19.2 Å². The van der Waals surface area contributed by atoms with E-state index in [1.165, 1.54) is 4.90 Å². The fourth-order valence-corrected chi connectivity index (χ4v) is 4.39. The minimum atomic E-state index is -0.218. The molecule has 5 amide bonds. The first kappa shape index (κ1) is 20.4. The molecule has 1 N–H and O–H groups in total. The van der Waals surface area contributed by atoms with Crippen LogP contribution >= 0.6 is 0 Å². The van der Waals surface area contributed by atoms with E-state index in [1.807, 2.05) is 21.9 Å². The predicted octanol–water partition coefficient (Wildman–Crippen LogP) is 2.20. The van der Waals surface area contributed by atoms with E-state index >= 15 is 0 Å². The van der Waals surface area contributed by atoms with Crippen LogP contribution in [0.5, 0.6) is 0 Å². The molecule has 1 atom stereocenters. The molecule has 0 bridgehead atoms. The van der Waals surface area contributed by atoms with Gasteiger partial charge in [0.05, 0.1) is 12.5 Å². The van der Waals surface area contributed by atoms with Gasteiger partial charge in [-0.15, -0.1) is 0 Å². The summed E-state index contributed by atoms with van der Waals surface area (Å²) in [6.07, 6.45) is 4.28. The van der Waals surface area contributed by atoms with Gasteiger partial charge in [0.2, 0.25) is 17.7 Å². The lowest BCUT2D eigenvalue weighted by Gasteiger charge is -2.34. The first-order chi connectivity index (χ1) is 14.5. The van der Waals surface area contributed by atoms with Crippen LogP contribution in [0.4, 0.5) is 10.5 Å². The van der Waals surface area contributed by atoms with Gasteiger partial charge in [-0.05, 0) is 43.4 Å². The standard InChI is InChI=1S/C22H28N4O4/c27-19-9-10-20(28)26(19)14-16-5-7-18(8-6-16)23-21(29)17-4-3-13-25(15-17)22(30)24-11-1-2-12-24/h5-8,17H,1-4,9-15H2,(H,23,29)/t17-/m1/s1. The number of anilines is 1. The second kappa shape index (κ2) is 8.85. The SMILES string of the molecule is O=C(Nc1ccc(CN2C(=O)CCC2=O)cc1)[C@@H]1CCCN(C(=O)N2CCCC2)C1. The lowest BCUT2D eigenvalue weighted by molar-refractivity contribution is -0.139. The third-order valence-electron chi connectivity index (χ3n) is 6.16. The molecule has 3 saturated heterocycles. The Hall–Kier alpha value is -2.90. The van der Waals surface area contributed by atoms with Gasteiger partial charge in [0.15, 0.2) is 0 Å². The number of rotatable bonds is 4. The molecular formula is C22H28N4O4. The molecule has 30 heavy (non-hydrogen) atoms. The summed E-state index contributed by atoms with van der Waals surface area (Å²) in [5, 5.41) is 2.94. The van der Waals surface area contributed by atoms with Crippen molar-refractivity contribution in [1.29, 1.82) is 0 Å². The van der Waals surface area contributed by atoms with Gasteiger partial charge in [-0.2, -0.15) is 0 Å². The zero-order valence-corrected chi connectivity index (χ0v) is 17.1. The largest absolute Gasteiger partial charge is 0.326 e. The monoisotopic (exact) mass is 412 g/mol. The smallest absolute Gasteiger partial charge is 0.320 e. The van der Waals surface area contributed by atoms with Crippen molar-refractivity contribution < 1.29 is 19.2 Å². The van der Waals surface area contributed by atoms with Crippen LogP contribution in [0.2, 0.25) is 0 Å². The number of piperidine rings is 1. The molecule has 8 heteroatoms. The number of nitrogens with zero attached hydrogens (tertiary/aromatic N) is 3. The molecule has 8 nitrogen and oxygen atoms in total. The van der Waals surface area contributed by atoms with Crippen molar-refractivity contribution in [2.45, 2.75) is 45.1 Å². The number of urea groups is 1. The van der Waals surface area contributed by atoms with E-state index in [-0.39, 0.29) is 49.1 Å². The zero-order valence-electron chi connectivity index (χ0n) is 17.1. The van der Waals surface area contributed by atoms with Crippen molar-refractivity contribution in [1.82, 2.24) is 14.7 Å². The van der Waals surface area contributed by atoms with Crippen molar-refractivity contribution in [3.05, 3.63) is 29.8 Å². The normalized spacial score (nSPS) is 22.0. The Morgan fingerprint density at radius 2 is 1.53 bits per heavy atom. The average Bonchev–Trinajstić information content (AvgIpc) is 3.41. The van der Waals surface area contributed by atoms with E-state index in [4.69, 9.17) is 0 Å². The maximum Gasteiger partial charge on any atom is 0.320 e. The van der Waals surface area contributed by atoms with E-state index < -0.39 is 0 Å². The van der Waals surface area contributed by atoms with Crippen molar-refractivity contribution in [3.63, 3.8) is 0 Å². The number of carbonyl (C=O) groups is 4. The molecule has 1 aromatic carbocycles. The van der Waals surface area contributed by atoms with E-state index in [2.05, 4.69) is 5.32 Å². The molecule has 0 spiro atoms. The molecule has 3 aliphatic heterocycles. The summed E-state index contributed by atoms with van der Waals surface area (Å²) in [6.45, 7) is 3.06. The summed E-state index contributed by atoms with van der Waals surface area (Å²) in [5.74, 6) is -0.568. The highest BCUT2D eigenvalue weighted by molar-refractivity contribution is 6.01. The summed E-state index contributed by atoms with van der Waals surface area (Å²) in [4.78, 5) is 53.8. The van der Waals surface area contributed by atoms with E-state index in [0.29, 0.717) is 18.8 Å². The van der Waals surface area contributed by atoms with Gasteiger partial charge in [-0.3, -0.25) is 19.3 Å². The highest BCUT2D eigenvalue weighted by Gasteiger charge is 2.32. The zero-order chi connectivity index (χ0) is 21.1. The second-order valence-electron chi connectivity index (χ2n) is 8.32. The Labute approximate surface area is 176 Å². The fraction of sp³-hybridized carbons (Fsp3) is 0.545. The predicted molar refractivity (Wildman–Crippen MR) is 110 cm³/mol. The number of benzene rings is 1. The van der Waals surface area contributed by atoms with Crippen LogP contribution in [0, 0.1) is 5.92 Å². The Balaban J connectivity index is 1.31. The molecule has 3 heterocycles. The van der Waals surface area contributed by atoms with Gasteiger partial charge in [0.1, 0.15) is 0 Å². The number of carbonyl (C=O) groups excluding carboxylic acids is 4. The first-order valence-corrected chi connectivity index (χ1v) is 10.8. The molecule has 0 aliphatic carbocycles. The highest BCUT2D eigenvalue weighted by atomic mass is 16.2. The maximum atomic E-state index is 12.7. The van der Waals surface area contributed by atoms with E-state index in [0.717, 1.165) is 44.3 Å². The fourth-order valence-electron chi connectivity index (χ4n) is 4.39. The maximum absolute atomic E-state index is 12.7. The Morgan fingerprint density at radius 3 is 2.20 bits per heavy atom. The quantitative estimate of drug-likeness (QED) is 0.768. The van der Waals surface area contributed by atoms with Gasteiger partial charge in [-0.25, -0.2) is 4.79 Å². The van der Waals surface area contributed by atoms with Crippen LogP contribution in [-0.2, 0) is 20.9 Å². The molecule has 3 aliphatic rings. The van der Waals surface area contributed by atoms with Crippen LogP contribution in [0.25, 0.3) is 0 Å². The molecule has 160 valence electrons. The first-order valence-electron chi connectivity index (χ1n) is 10.8. The average molecular weight is 412 g/mol. The summed E-state index contributed by atoms with van der Waals surface area (Å²) in [7, 11) is 0. The Bertz CT molecular complexity index is 816. The summed E-state index contributed by atoms with van der Waals surface area (Å²) < 4.78 is 0. The van der Waals surface area contributed by atoms with Crippen molar-refractivity contribution in [2.24, 2.45) is 5.92 Å². The topological polar surface area (TPSA) is 90.0 Å². The van der Waals surface area contributed by atoms with E-state index in [1.54, 1.807) is 12.1 Å². The van der Waals surface area contributed by atoms with Gasteiger partial charge in [-0.1, -0.05) is 12.1 Å². The highest BCUT2D eigenvalue weighted by Crippen LogP contribution is 2.22. The third kappa shape index (κ3) is 4.47. The van der Waals surface area contributed by atoms with Crippen LogP contribution < -0.4 is 5.32 Å². The minimum Gasteiger partial charge on any atom is -0.326 e. The molecule has 0 radical (unpaired) electrons. The molecule has 0 aromatic heterocycles. The van der Waals surface area contributed by atoms with Gasteiger partial charge < -0.3 is 15.1 Å². The Kier molecular flexibility index (Phi) is 6.01. The van der Waals surface area contributed by atoms with Crippen LogP contribution in [0.15, 0.2) is 24.3 Å². The molecule has 0 saturated carbocycles. The lowest BCUT2D eigenvalue weighted by Crippen LogP contribution is -2.48. The molecule has 4 rings (SSSR count). The summed E-state index contributed by atoms with van der Waals surface area (Å²) >= 11 is 0. The molecule has 0 unspecified atom stereocenters. The Morgan fingerprint density at radius 1 is 0.900 bits per heavy atom. The number of imide groups is 1. The third-order valence-corrected chi connectivity index (χ3v) is 6.16. The molecular weight excluding hydrogens is 384 g/mol. The summed E-state index contributed by atoms with van der Waals surface area (Å²) in [5.41, 5.74) is 1.52. The van der Waals surface area contributed by atoms with Crippen molar-refractivity contribution in [3.8, 4) is 0 Å². The second-order valence-corrected chi connectivity index (χ2v) is 8.32. The summed E-state index contributed by atoms with van der Waals surface area (Å²) in [6, 6.07) is 7.26. The van der Waals surface area contributed by atoms with Crippen LogP contribution in [0.1, 0.15) is 44.1 Å². The van der Waals surface area contributed by atoms with Crippen LogP contribution in [0.3, 0.4) is 0 Å². The number of amides is 5. The van der Waals surface area contributed by atoms with Crippen LogP contribution in [-0.4, -0.2) is 64.6 Å². The van der Waals surface area contributed by atoms with Crippen molar-refractivity contribution >= 4 is 29.4 Å². The molecule has 1 aromatic rings. The van der Waals surface area contributed by atoms with Crippen molar-refractivity contribution in [2.75, 3.05) is 31.5 Å². The minimum absolute atomic E-state index is 0.0559.